The highest BCUT2D eigenvalue weighted by Gasteiger charge is 2.09. The summed E-state index contributed by atoms with van der Waals surface area (Å²) in [4.78, 5) is 16.1. The van der Waals surface area contributed by atoms with Crippen LogP contribution in [-0.4, -0.2) is 22.5 Å². The van der Waals surface area contributed by atoms with Gasteiger partial charge in [0.05, 0.1) is 16.8 Å². The first-order chi connectivity index (χ1) is 10.5. The van der Waals surface area contributed by atoms with Crippen molar-refractivity contribution in [1.29, 1.82) is 0 Å². The number of aryl methyl sites for hydroxylation is 2. The van der Waals surface area contributed by atoms with Crippen molar-refractivity contribution in [3.8, 4) is 0 Å². The van der Waals surface area contributed by atoms with Crippen LogP contribution in [-0.2, 0) is 11.2 Å². The molecule has 0 bridgehead atoms. The first-order valence-corrected chi connectivity index (χ1v) is 8.41. The molecule has 0 spiro atoms. The Labute approximate surface area is 139 Å². The Hall–Kier alpha value is -1.43. The molecule has 0 aliphatic heterocycles. The molecule has 1 atom stereocenters. The molecule has 1 aromatic carbocycles. The van der Waals surface area contributed by atoms with Gasteiger partial charge in [-0.25, -0.2) is 4.98 Å². The van der Waals surface area contributed by atoms with Crippen molar-refractivity contribution in [2.75, 3.05) is 6.54 Å². The SMILES string of the molecule is Cc1nc(CCCC(=O)NCC(O)c2ccc(Cl)cc2)cs1. The fourth-order valence-corrected chi connectivity index (χ4v) is 2.83. The first kappa shape index (κ1) is 16.9. The standard InChI is InChI=1S/C16H19ClN2O2S/c1-11-19-14(10-22-11)3-2-4-16(21)18-9-15(20)12-5-7-13(17)8-6-12/h5-8,10,15,20H,2-4,9H2,1H3,(H,18,21). The van der Waals surface area contributed by atoms with E-state index in [-0.39, 0.29) is 12.5 Å². The monoisotopic (exact) mass is 338 g/mol. The van der Waals surface area contributed by atoms with Crippen molar-refractivity contribution in [2.45, 2.75) is 32.3 Å². The Kier molecular flexibility index (Phi) is 6.36. The molecule has 6 heteroatoms. The van der Waals surface area contributed by atoms with Gasteiger partial charge >= 0.3 is 0 Å². The quantitative estimate of drug-likeness (QED) is 0.814. The molecule has 4 nitrogen and oxygen atoms in total. The number of thiazole rings is 1. The maximum absolute atomic E-state index is 11.8. The van der Waals surface area contributed by atoms with E-state index in [4.69, 9.17) is 11.6 Å². The number of aliphatic hydroxyl groups is 1. The van der Waals surface area contributed by atoms with Gasteiger partial charge in [-0.15, -0.1) is 11.3 Å². The lowest BCUT2D eigenvalue weighted by Crippen LogP contribution is -2.28. The van der Waals surface area contributed by atoms with Crippen molar-refractivity contribution >= 4 is 28.8 Å². The Morgan fingerprint density at radius 2 is 2.14 bits per heavy atom. The fraction of sp³-hybridized carbons (Fsp3) is 0.375. The second-order valence-corrected chi connectivity index (χ2v) is 6.58. The van der Waals surface area contributed by atoms with E-state index in [9.17, 15) is 9.90 Å². The van der Waals surface area contributed by atoms with E-state index in [0.29, 0.717) is 11.4 Å². The number of carbonyl (C=O) groups excluding carboxylic acids is 1. The zero-order valence-electron chi connectivity index (χ0n) is 12.4. The lowest BCUT2D eigenvalue weighted by molar-refractivity contribution is -0.121. The summed E-state index contributed by atoms with van der Waals surface area (Å²) in [7, 11) is 0. The van der Waals surface area contributed by atoms with Crippen molar-refractivity contribution in [2.24, 2.45) is 0 Å². The number of rotatable bonds is 7. The molecule has 0 saturated heterocycles. The average Bonchev–Trinajstić information content (AvgIpc) is 2.91. The van der Waals surface area contributed by atoms with Crippen molar-refractivity contribution in [1.82, 2.24) is 10.3 Å². The van der Waals surface area contributed by atoms with E-state index >= 15 is 0 Å². The third kappa shape index (κ3) is 5.40. The normalized spacial score (nSPS) is 12.1. The molecule has 1 amide bonds. The van der Waals surface area contributed by atoms with Crippen LogP contribution in [0, 0.1) is 6.92 Å². The van der Waals surface area contributed by atoms with E-state index in [2.05, 4.69) is 10.3 Å². The highest BCUT2D eigenvalue weighted by molar-refractivity contribution is 7.09. The molecule has 0 radical (unpaired) electrons. The number of nitrogens with one attached hydrogen (secondary N) is 1. The van der Waals surface area contributed by atoms with E-state index in [1.807, 2.05) is 12.3 Å². The summed E-state index contributed by atoms with van der Waals surface area (Å²) >= 11 is 7.42. The zero-order chi connectivity index (χ0) is 15.9. The number of aliphatic hydroxyl groups excluding tert-OH is 1. The van der Waals surface area contributed by atoms with Crippen LogP contribution in [0.1, 0.15) is 35.2 Å². The van der Waals surface area contributed by atoms with E-state index in [1.165, 1.54) is 0 Å². The second kappa shape index (κ2) is 8.27. The minimum Gasteiger partial charge on any atom is -0.387 e. The van der Waals surface area contributed by atoms with Crippen molar-refractivity contribution < 1.29 is 9.90 Å². The molecule has 1 heterocycles. The van der Waals surface area contributed by atoms with E-state index < -0.39 is 6.10 Å². The van der Waals surface area contributed by atoms with Gasteiger partial charge in [0.1, 0.15) is 0 Å². The number of carbonyl (C=O) groups is 1. The predicted molar refractivity (Wildman–Crippen MR) is 89.2 cm³/mol. The van der Waals surface area contributed by atoms with Gasteiger partial charge in [0.2, 0.25) is 5.91 Å². The van der Waals surface area contributed by atoms with Crippen LogP contribution >= 0.6 is 22.9 Å². The average molecular weight is 339 g/mol. The zero-order valence-corrected chi connectivity index (χ0v) is 14.0. The summed E-state index contributed by atoms with van der Waals surface area (Å²) in [5, 5.41) is 16.4. The third-order valence-electron chi connectivity index (χ3n) is 3.25. The summed E-state index contributed by atoms with van der Waals surface area (Å²) in [5.74, 6) is -0.0556. The smallest absolute Gasteiger partial charge is 0.220 e. The second-order valence-electron chi connectivity index (χ2n) is 5.08. The highest BCUT2D eigenvalue weighted by atomic mass is 35.5. The van der Waals surface area contributed by atoms with Crippen LogP contribution in [0.25, 0.3) is 0 Å². The molecule has 2 aromatic rings. The summed E-state index contributed by atoms with van der Waals surface area (Å²) in [5.41, 5.74) is 1.78. The number of benzene rings is 1. The van der Waals surface area contributed by atoms with Crippen LogP contribution in [0.3, 0.4) is 0 Å². The Morgan fingerprint density at radius 1 is 1.41 bits per heavy atom. The molecule has 0 aliphatic carbocycles. The number of amides is 1. The Morgan fingerprint density at radius 3 is 2.77 bits per heavy atom. The molecule has 0 saturated carbocycles. The van der Waals surface area contributed by atoms with Crippen LogP contribution in [0.2, 0.25) is 5.02 Å². The number of hydrogen-bond acceptors (Lipinski definition) is 4. The summed E-state index contributed by atoms with van der Waals surface area (Å²) in [6.07, 6.45) is 1.27. The minimum atomic E-state index is -0.720. The number of hydrogen-bond donors (Lipinski definition) is 2. The number of nitrogens with zero attached hydrogens (tertiary/aromatic N) is 1. The number of aromatic nitrogens is 1. The molecule has 0 aliphatic rings. The van der Waals surface area contributed by atoms with Gasteiger partial charge in [-0.05, 0) is 37.5 Å². The van der Waals surface area contributed by atoms with Gasteiger partial charge in [-0.3, -0.25) is 4.79 Å². The summed E-state index contributed by atoms with van der Waals surface area (Å²) < 4.78 is 0. The Bertz CT molecular complexity index is 613. The topological polar surface area (TPSA) is 62.2 Å². The van der Waals surface area contributed by atoms with Gasteiger partial charge in [-0.2, -0.15) is 0 Å². The molecule has 1 aromatic heterocycles. The van der Waals surface area contributed by atoms with Crippen LogP contribution < -0.4 is 5.32 Å². The highest BCUT2D eigenvalue weighted by Crippen LogP contribution is 2.16. The van der Waals surface area contributed by atoms with E-state index in [0.717, 1.165) is 29.1 Å². The largest absolute Gasteiger partial charge is 0.387 e. The molecule has 118 valence electrons. The van der Waals surface area contributed by atoms with E-state index in [1.54, 1.807) is 35.6 Å². The number of halogens is 1. The molecule has 1 unspecified atom stereocenters. The molecule has 2 rings (SSSR count). The van der Waals surface area contributed by atoms with Crippen molar-refractivity contribution in [3.05, 3.63) is 50.9 Å². The van der Waals surface area contributed by atoms with Crippen LogP contribution in [0.4, 0.5) is 0 Å². The lowest BCUT2D eigenvalue weighted by Gasteiger charge is -2.12. The van der Waals surface area contributed by atoms with Gasteiger partial charge in [0, 0.05) is 23.4 Å². The van der Waals surface area contributed by atoms with Crippen LogP contribution in [0.15, 0.2) is 29.6 Å². The maximum atomic E-state index is 11.8. The van der Waals surface area contributed by atoms with Gasteiger partial charge < -0.3 is 10.4 Å². The predicted octanol–water partition coefficient (Wildman–Crippen LogP) is 3.28. The maximum Gasteiger partial charge on any atom is 0.220 e. The van der Waals surface area contributed by atoms with Gasteiger partial charge in [0.25, 0.3) is 0 Å². The van der Waals surface area contributed by atoms with Crippen LogP contribution in [0.5, 0.6) is 0 Å². The molecular weight excluding hydrogens is 320 g/mol. The van der Waals surface area contributed by atoms with Crippen molar-refractivity contribution in [3.63, 3.8) is 0 Å². The van der Waals surface area contributed by atoms with Gasteiger partial charge in [0.15, 0.2) is 0 Å². The first-order valence-electron chi connectivity index (χ1n) is 7.16. The molecule has 22 heavy (non-hydrogen) atoms. The fourth-order valence-electron chi connectivity index (χ4n) is 2.05. The third-order valence-corrected chi connectivity index (χ3v) is 4.32. The molecular formula is C16H19ClN2O2S. The molecule has 2 N–H and O–H groups in total. The Balaban J connectivity index is 1.67. The molecule has 0 fully saturated rings. The lowest BCUT2D eigenvalue weighted by atomic mass is 10.1. The van der Waals surface area contributed by atoms with Gasteiger partial charge in [-0.1, -0.05) is 23.7 Å². The minimum absolute atomic E-state index is 0.0556. The summed E-state index contributed by atoms with van der Waals surface area (Å²) in [6.45, 7) is 2.18. The summed E-state index contributed by atoms with van der Waals surface area (Å²) in [6, 6.07) is 6.95.